The summed E-state index contributed by atoms with van der Waals surface area (Å²) in [6.45, 7) is 6.00. The van der Waals surface area contributed by atoms with Gasteiger partial charge in [-0.15, -0.1) is 95.2 Å². The van der Waals surface area contributed by atoms with Crippen LogP contribution in [-0.2, 0) is 0 Å². The molecule has 0 radical (unpaired) electrons. The number of nitrogens with two attached hydrogens (primary N) is 2. The first-order valence-corrected chi connectivity index (χ1v) is 8.01. The van der Waals surface area contributed by atoms with Crippen LogP contribution in [0.5, 0.6) is 0 Å². The third kappa shape index (κ3) is 9.60. The Kier molecular flexibility index (Phi) is 17.3. The second-order valence-corrected chi connectivity index (χ2v) is 6.64. The Labute approximate surface area is 166 Å². The van der Waals surface area contributed by atoms with Gasteiger partial charge in [-0.2, -0.15) is 0 Å². The number of hydrogen-bond acceptors (Lipinski definition) is 2. The van der Waals surface area contributed by atoms with E-state index in [1.807, 2.05) is 5.32 Å². The van der Waals surface area contributed by atoms with E-state index in [9.17, 15) is 0 Å². The van der Waals surface area contributed by atoms with Crippen LogP contribution < -0.4 is 16.8 Å². The fourth-order valence-electron chi connectivity index (χ4n) is 1.20. The molecule has 5 nitrogen and oxygen atoms in total. The molecule has 0 spiro atoms. The first-order chi connectivity index (χ1) is 9.59. The number of rotatable bonds is 0. The van der Waals surface area contributed by atoms with E-state index in [1.54, 1.807) is 0 Å². The molecule has 0 aromatic carbocycles. The molecular formula is C10H18Cl7N5. The lowest BCUT2D eigenvalue weighted by Gasteiger charge is -2.37. The Hall–Kier alpha value is 0.510. The number of hydrogen-bond donors (Lipinski definition) is 5. The molecular weight excluding hydrogens is 438 g/mol. The van der Waals surface area contributed by atoms with Gasteiger partial charge < -0.3 is 11.5 Å². The molecule has 12 heteroatoms. The third-order valence-corrected chi connectivity index (χ3v) is 6.13. The molecule has 0 aromatic heterocycles. The van der Waals surface area contributed by atoms with Crippen LogP contribution in [0.2, 0.25) is 0 Å². The fraction of sp³-hybridized carbons (Fsp3) is 0.600. The Balaban J connectivity index is -0.000000313. The van der Waals surface area contributed by atoms with Crippen molar-refractivity contribution >= 4 is 93.9 Å². The molecule has 0 amide bonds. The quantitative estimate of drug-likeness (QED) is 0.167. The zero-order valence-electron chi connectivity index (χ0n) is 11.2. The third-order valence-electron chi connectivity index (χ3n) is 2.09. The Bertz CT molecular complexity index is 275. The van der Waals surface area contributed by atoms with Crippen molar-refractivity contribution < 1.29 is 0 Å². The van der Waals surface area contributed by atoms with Crippen molar-refractivity contribution in [1.29, 1.82) is 10.8 Å². The van der Waals surface area contributed by atoms with Gasteiger partial charge in [-0.3, -0.25) is 16.1 Å². The van der Waals surface area contributed by atoms with Gasteiger partial charge in [0.25, 0.3) is 0 Å². The highest BCUT2D eigenvalue weighted by molar-refractivity contribution is 6.45. The SMILES string of the molecule is C=C.Cl.Cl[C@H]1[C@H](Cl)[C@@H](Cl)[C@@H](Cl)[C@H](Cl)[C@H]1Cl.N=C(N)NC(=N)N. The second-order valence-electron chi connectivity index (χ2n) is 3.62. The standard InChI is InChI=1S/C6H6Cl6.C2H7N5.C2H4.ClH/c7-1-2(8)4(10)6(12)5(11)3(1)9;3-1(4)7-2(5)6;1-2;/h1-6H;(H7,3,4,5,6,7);1-2H2;1H/t1-,2-,3-,4+,5+,6+;;;. The van der Waals surface area contributed by atoms with Crippen molar-refractivity contribution in [2.24, 2.45) is 11.5 Å². The molecule has 0 aromatic rings. The highest BCUT2D eigenvalue weighted by atomic mass is 35.5. The second kappa shape index (κ2) is 13.9. The summed E-state index contributed by atoms with van der Waals surface area (Å²) in [6, 6.07) is 0. The molecule has 22 heavy (non-hydrogen) atoms. The predicted molar refractivity (Wildman–Crippen MR) is 103 cm³/mol. The van der Waals surface area contributed by atoms with Crippen LogP contribution in [0.1, 0.15) is 0 Å². The van der Waals surface area contributed by atoms with Gasteiger partial charge in [0.05, 0.1) is 32.3 Å². The van der Waals surface area contributed by atoms with Gasteiger partial charge >= 0.3 is 0 Å². The summed E-state index contributed by atoms with van der Waals surface area (Å²) in [7, 11) is 0. The maximum Gasteiger partial charge on any atom is 0.192 e. The van der Waals surface area contributed by atoms with Crippen molar-refractivity contribution in [3.8, 4) is 0 Å². The van der Waals surface area contributed by atoms with Gasteiger partial charge in [0.2, 0.25) is 0 Å². The monoisotopic (exact) mass is 453 g/mol. The van der Waals surface area contributed by atoms with Gasteiger partial charge in [0.1, 0.15) is 0 Å². The summed E-state index contributed by atoms with van der Waals surface area (Å²) in [5.74, 6) is -0.625. The van der Waals surface area contributed by atoms with Gasteiger partial charge in [-0.25, -0.2) is 0 Å². The molecule has 1 saturated carbocycles. The maximum absolute atomic E-state index is 6.47. The largest absolute Gasteiger partial charge is 0.370 e. The van der Waals surface area contributed by atoms with Crippen molar-refractivity contribution in [3.05, 3.63) is 13.2 Å². The highest BCUT2D eigenvalue weighted by Gasteiger charge is 2.46. The van der Waals surface area contributed by atoms with Crippen LogP contribution in [0.15, 0.2) is 13.2 Å². The van der Waals surface area contributed by atoms with Crippen LogP contribution >= 0.6 is 82.0 Å². The first-order valence-electron chi connectivity index (χ1n) is 5.39. The molecule has 0 atom stereocenters. The van der Waals surface area contributed by atoms with E-state index in [0.29, 0.717) is 0 Å². The molecule has 7 N–H and O–H groups in total. The van der Waals surface area contributed by atoms with E-state index in [-0.39, 0.29) is 24.3 Å². The molecule has 132 valence electrons. The number of nitrogens with one attached hydrogen (secondary N) is 3. The van der Waals surface area contributed by atoms with Gasteiger partial charge in [0.15, 0.2) is 11.9 Å². The van der Waals surface area contributed by atoms with Crippen LogP contribution in [0.25, 0.3) is 0 Å². The molecule has 0 bridgehead atoms. The summed E-state index contributed by atoms with van der Waals surface area (Å²) in [6.07, 6.45) is 0. The molecule has 1 rings (SSSR count). The summed E-state index contributed by atoms with van der Waals surface area (Å²) >= 11 is 35.3. The van der Waals surface area contributed by atoms with Crippen LogP contribution in [-0.4, -0.2) is 44.2 Å². The molecule has 0 heterocycles. The summed E-state index contributed by atoms with van der Waals surface area (Å²) < 4.78 is 0. The summed E-state index contributed by atoms with van der Waals surface area (Å²) in [5, 5.41) is 12.3. The minimum Gasteiger partial charge on any atom is -0.370 e. The highest BCUT2D eigenvalue weighted by Crippen LogP contribution is 2.39. The molecule has 0 saturated heterocycles. The van der Waals surface area contributed by atoms with E-state index in [2.05, 4.69) is 13.2 Å². The zero-order valence-corrected chi connectivity index (χ0v) is 16.6. The average Bonchev–Trinajstić information content (AvgIpc) is 2.42. The van der Waals surface area contributed by atoms with Gasteiger partial charge in [0, 0.05) is 0 Å². The predicted octanol–water partition coefficient (Wildman–Crippen LogP) is 3.23. The van der Waals surface area contributed by atoms with E-state index >= 15 is 0 Å². The van der Waals surface area contributed by atoms with Crippen molar-refractivity contribution in [1.82, 2.24) is 5.32 Å². The molecule has 1 aliphatic rings. The van der Waals surface area contributed by atoms with Gasteiger partial charge in [-0.05, 0) is 0 Å². The lowest BCUT2D eigenvalue weighted by Crippen LogP contribution is -2.52. The smallest absolute Gasteiger partial charge is 0.192 e. The minimum absolute atomic E-state index is 0. The summed E-state index contributed by atoms with van der Waals surface area (Å²) in [4.78, 5) is 0. The van der Waals surface area contributed by atoms with Gasteiger partial charge in [-0.1, -0.05) is 0 Å². The van der Waals surface area contributed by atoms with Crippen LogP contribution in [0, 0.1) is 10.8 Å². The zero-order chi connectivity index (χ0) is 17.3. The first kappa shape index (κ1) is 27.4. The van der Waals surface area contributed by atoms with Crippen molar-refractivity contribution in [3.63, 3.8) is 0 Å². The molecule has 1 aliphatic carbocycles. The normalized spacial score (nSPS) is 32.8. The van der Waals surface area contributed by atoms with Crippen LogP contribution in [0.3, 0.4) is 0 Å². The Morgan fingerprint density at radius 2 is 0.818 bits per heavy atom. The maximum atomic E-state index is 6.47. The van der Waals surface area contributed by atoms with E-state index < -0.39 is 32.3 Å². The topological polar surface area (TPSA) is 112 Å². The molecule has 0 unspecified atom stereocenters. The Morgan fingerprint density at radius 3 is 0.864 bits per heavy atom. The Morgan fingerprint density at radius 1 is 0.682 bits per heavy atom. The molecule has 0 aliphatic heterocycles. The summed E-state index contributed by atoms with van der Waals surface area (Å²) in [5.41, 5.74) is 9.49. The average molecular weight is 456 g/mol. The molecule has 1 fully saturated rings. The number of alkyl halides is 6. The van der Waals surface area contributed by atoms with E-state index in [1.165, 1.54) is 0 Å². The van der Waals surface area contributed by atoms with Crippen LogP contribution in [0.4, 0.5) is 0 Å². The minimum atomic E-state index is -0.437. The lowest BCUT2D eigenvalue weighted by molar-refractivity contribution is 0.544. The number of halogens is 7. The number of guanidine groups is 2. The van der Waals surface area contributed by atoms with E-state index in [4.69, 9.17) is 91.9 Å². The van der Waals surface area contributed by atoms with Crippen molar-refractivity contribution in [2.75, 3.05) is 0 Å². The van der Waals surface area contributed by atoms with Crippen molar-refractivity contribution in [2.45, 2.75) is 32.3 Å². The van der Waals surface area contributed by atoms with E-state index in [0.717, 1.165) is 0 Å². The fourth-order valence-corrected chi connectivity index (χ4v) is 3.53. The lowest BCUT2D eigenvalue weighted by atomic mass is 9.97.